The van der Waals surface area contributed by atoms with E-state index < -0.39 is 0 Å². The van der Waals surface area contributed by atoms with Crippen LogP contribution < -0.4 is 30.7 Å². The first kappa shape index (κ1) is 32.1. The van der Waals surface area contributed by atoms with Crippen LogP contribution in [0.3, 0.4) is 0 Å². The molecule has 0 aliphatic rings. The standard InChI is InChI=1S/C40H32Cl2O2P2/c41-29-14-12-17-31(28-29)46-39-25-13-21-35(42)40(39)34-20-5-4-18-32(34)33-19-6-7-22-36(33)43-26-10-11-27-44-37-23-8-9-24-38(37)45-30-15-2-1-3-16-30/h1-25,28,45-46H,26-27H2. The molecule has 0 N–H and O–H groups in total. The Bertz CT molecular complexity index is 1940. The summed E-state index contributed by atoms with van der Waals surface area (Å²) in [7, 11) is 0.950. The highest BCUT2D eigenvalue weighted by Gasteiger charge is 2.17. The lowest BCUT2D eigenvalue weighted by Gasteiger charge is -2.18. The number of hydrogen-bond acceptors (Lipinski definition) is 2. The molecule has 0 saturated heterocycles. The zero-order chi connectivity index (χ0) is 31.6. The molecular weight excluding hydrogens is 645 g/mol. The van der Waals surface area contributed by atoms with Gasteiger partial charge in [0.15, 0.2) is 0 Å². The first-order valence-electron chi connectivity index (χ1n) is 15.0. The van der Waals surface area contributed by atoms with Gasteiger partial charge in [0.2, 0.25) is 0 Å². The van der Waals surface area contributed by atoms with E-state index in [0.29, 0.717) is 35.4 Å². The molecule has 0 aliphatic carbocycles. The molecule has 2 nitrogen and oxygen atoms in total. The summed E-state index contributed by atoms with van der Waals surface area (Å²) in [6.45, 7) is 0.885. The predicted molar refractivity (Wildman–Crippen MR) is 202 cm³/mol. The summed E-state index contributed by atoms with van der Waals surface area (Å²) in [6, 6.07) is 49.4. The molecule has 0 spiro atoms. The molecule has 6 heteroatoms. The molecule has 46 heavy (non-hydrogen) atoms. The first-order chi connectivity index (χ1) is 22.7. The van der Waals surface area contributed by atoms with Gasteiger partial charge in [0.25, 0.3) is 0 Å². The fourth-order valence-corrected chi connectivity index (χ4v) is 8.22. The third-order valence-corrected chi connectivity index (χ3v) is 10.4. The van der Waals surface area contributed by atoms with E-state index in [1.54, 1.807) is 0 Å². The van der Waals surface area contributed by atoms with Crippen LogP contribution >= 0.6 is 40.4 Å². The Balaban J connectivity index is 1.17. The van der Waals surface area contributed by atoms with Gasteiger partial charge in [0.1, 0.15) is 24.7 Å². The Morgan fingerprint density at radius 2 is 1.04 bits per heavy atom. The summed E-state index contributed by atoms with van der Waals surface area (Å²) in [5.41, 5.74) is 4.16. The molecule has 0 heterocycles. The van der Waals surface area contributed by atoms with Crippen molar-refractivity contribution >= 4 is 61.6 Å². The van der Waals surface area contributed by atoms with Crippen molar-refractivity contribution in [3.05, 3.63) is 168 Å². The topological polar surface area (TPSA) is 18.5 Å². The van der Waals surface area contributed by atoms with Crippen LogP contribution in [0.25, 0.3) is 22.3 Å². The van der Waals surface area contributed by atoms with Crippen molar-refractivity contribution in [2.24, 2.45) is 0 Å². The zero-order valence-corrected chi connectivity index (χ0v) is 28.5. The van der Waals surface area contributed by atoms with Gasteiger partial charge in [-0.3, -0.25) is 0 Å². The lowest BCUT2D eigenvalue weighted by atomic mass is 9.94. The van der Waals surface area contributed by atoms with Gasteiger partial charge in [-0.25, -0.2) is 0 Å². The maximum atomic E-state index is 6.91. The van der Waals surface area contributed by atoms with Gasteiger partial charge in [-0.05, 0) is 69.5 Å². The highest BCUT2D eigenvalue weighted by Crippen LogP contribution is 2.40. The highest BCUT2D eigenvalue weighted by atomic mass is 35.5. The van der Waals surface area contributed by atoms with Crippen LogP contribution in [0.15, 0.2) is 158 Å². The Morgan fingerprint density at radius 1 is 0.478 bits per heavy atom. The van der Waals surface area contributed by atoms with Gasteiger partial charge in [0.05, 0.1) is 0 Å². The molecule has 0 amide bonds. The Morgan fingerprint density at radius 3 is 1.83 bits per heavy atom. The van der Waals surface area contributed by atoms with E-state index in [1.165, 1.54) is 10.6 Å². The van der Waals surface area contributed by atoms with Crippen LogP contribution in [0.4, 0.5) is 0 Å². The predicted octanol–water partition coefficient (Wildman–Crippen LogP) is 9.60. The fourth-order valence-electron chi connectivity index (χ4n) is 5.16. The minimum atomic E-state index is 0.405. The lowest BCUT2D eigenvalue weighted by molar-refractivity contribution is 0.352. The number of ether oxygens (including phenoxy) is 2. The molecule has 2 unspecified atom stereocenters. The molecule has 0 fully saturated rings. The van der Waals surface area contributed by atoms with Crippen molar-refractivity contribution in [1.29, 1.82) is 0 Å². The van der Waals surface area contributed by atoms with E-state index in [0.717, 1.165) is 49.4 Å². The average Bonchev–Trinajstić information content (AvgIpc) is 3.08. The molecule has 6 aromatic carbocycles. The summed E-state index contributed by atoms with van der Waals surface area (Å²) in [4.78, 5) is 0. The van der Waals surface area contributed by atoms with Gasteiger partial charge < -0.3 is 9.47 Å². The van der Waals surface area contributed by atoms with Crippen molar-refractivity contribution in [2.75, 3.05) is 13.2 Å². The summed E-state index contributed by atoms with van der Waals surface area (Å²) in [6.07, 6.45) is 4.01. The van der Waals surface area contributed by atoms with Gasteiger partial charge in [-0.2, -0.15) is 0 Å². The van der Waals surface area contributed by atoms with Crippen LogP contribution in [0.1, 0.15) is 0 Å². The first-order valence-corrected chi connectivity index (χ1v) is 17.7. The summed E-state index contributed by atoms with van der Waals surface area (Å²) in [5, 5.41) is 6.25. The maximum absolute atomic E-state index is 6.91. The zero-order valence-electron chi connectivity index (χ0n) is 25.0. The third-order valence-electron chi connectivity index (χ3n) is 7.27. The molecule has 0 bridgehead atoms. The van der Waals surface area contributed by atoms with E-state index in [2.05, 4.69) is 78.9 Å². The second kappa shape index (κ2) is 16.1. The van der Waals surface area contributed by atoms with Gasteiger partial charge in [-0.1, -0.05) is 156 Å². The van der Waals surface area contributed by atoms with Crippen molar-refractivity contribution in [2.45, 2.75) is 0 Å². The fraction of sp³-hybridized carbons (Fsp3) is 0.0500. The largest absolute Gasteiger partial charge is 0.489 e. The van der Waals surface area contributed by atoms with Gasteiger partial charge in [-0.15, -0.1) is 0 Å². The highest BCUT2D eigenvalue weighted by molar-refractivity contribution is 7.56. The molecule has 228 valence electrons. The monoisotopic (exact) mass is 676 g/mol. The van der Waals surface area contributed by atoms with E-state index >= 15 is 0 Å². The molecular formula is C40H32Cl2O2P2. The van der Waals surface area contributed by atoms with Crippen LogP contribution in [0.2, 0.25) is 10.0 Å². The quantitative estimate of drug-likeness (QED) is 0.0949. The SMILES string of the molecule is Clc1cccc(Pc2cccc(Cl)c2-c2ccccc2-c2ccccc2OCC=CCOc2ccccc2Pc2ccccc2)c1. The number of rotatable bonds is 12. The van der Waals surface area contributed by atoms with E-state index in [4.69, 9.17) is 32.7 Å². The molecule has 0 radical (unpaired) electrons. The van der Waals surface area contributed by atoms with Gasteiger partial charge >= 0.3 is 0 Å². The van der Waals surface area contributed by atoms with E-state index in [1.807, 2.05) is 78.9 Å². The maximum Gasteiger partial charge on any atom is 0.127 e. The lowest BCUT2D eigenvalue weighted by Crippen LogP contribution is -2.08. The number of benzene rings is 6. The van der Waals surface area contributed by atoms with E-state index in [-0.39, 0.29) is 0 Å². The second-order valence-corrected chi connectivity index (χ2v) is 14.0. The van der Waals surface area contributed by atoms with Crippen molar-refractivity contribution in [3.63, 3.8) is 0 Å². The Kier molecular flexibility index (Phi) is 11.2. The minimum absolute atomic E-state index is 0.405. The minimum Gasteiger partial charge on any atom is -0.489 e. The summed E-state index contributed by atoms with van der Waals surface area (Å²) < 4.78 is 12.5. The smallest absolute Gasteiger partial charge is 0.127 e. The van der Waals surface area contributed by atoms with Crippen LogP contribution in [0.5, 0.6) is 11.5 Å². The third kappa shape index (κ3) is 8.27. The number of para-hydroxylation sites is 2. The number of hydrogen-bond donors (Lipinski definition) is 0. The molecule has 0 aromatic heterocycles. The van der Waals surface area contributed by atoms with Gasteiger partial charge in [0, 0.05) is 26.5 Å². The van der Waals surface area contributed by atoms with Crippen LogP contribution in [-0.2, 0) is 0 Å². The Hall–Kier alpha value is -3.90. The summed E-state index contributed by atoms with van der Waals surface area (Å²) >= 11 is 13.2. The van der Waals surface area contributed by atoms with E-state index in [9.17, 15) is 0 Å². The average molecular weight is 678 g/mol. The van der Waals surface area contributed by atoms with Crippen LogP contribution in [-0.4, -0.2) is 13.2 Å². The van der Waals surface area contributed by atoms with Crippen LogP contribution in [0, 0.1) is 0 Å². The molecule has 6 aromatic rings. The number of halogens is 2. The summed E-state index contributed by atoms with van der Waals surface area (Å²) in [5.74, 6) is 1.72. The Labute approximate surface area is 284 Å². The van der Waals surface area contributed by atoms with Crippen molar-refractivity contribution in [3.8, 4) is 33.8 Å². The normalized spacial score (nSPS) is 11.6. The van der Waals surface area contributed by atoms with Crippen molar-refractivity contribution in [1.82, 2.24) is 0 Å². The van der Waals surface area contributed by atoms with Crippen molar-refractivity contribution < 1.29 is 9.47 Å². The second-order valence-electron chi connectivity index (χ2n) is 10.4. The molecule has 0 saturated carbocycles. The molecule has 0 aliphatic heterocycles. The molecule has 6 rings (SSSR count). The molecule has 2 atom stereocenters.